The molecule has 3 aromatic rings. The zero-order chi connectivity index (χ0) is 20.6. The van der Waals surface area contributed by atoms with Crippen molar-refractivity contribution in [1.82, 2.24) is 0 Å². The largest absolute Gasteiger partial charge is 0.274 e. The number of hydrogen-bond donors (Lipinski definition) is 0. The highest BCUT2D eigenvalue weighted by Gasteiger charge is 2.67. The van der Waals surface area contributed by atoms with Gasteiger partial charge < -0.3 is 0 Å². The number of imide groups is 1. The maximum absolute atomic E-state index is 13.9. The summed E-state index contributed by atoms with van der Waals surface area (Å²) in [5.74, 6) is -0.872. The van der Waals surface area contributed by atoms with Crippen molar-refractivity contribution in [3.8, 4) is 0 Å². The Morgan fingerprint density at radius 1 is 0.800 bits per heavy atom. The molecule has 1 heterocycles. The lowest BCUT2D eigenvalue weighted by Crippen LogP contribution is -2.53. The number of carbonyl (C=O) groups excluding carboxylic acids is 2. The first kappa shape index (κ1) is 17.6. The van der Waals surface area contributed by atoms with Crippen LogP contribution in [0.4, 0.5) is 5.69 Å². The molecule has 2 amide bonds. The zero-order valence-electron chi connectivity index (χ0n) is 17.1. The summed E-state index contributed by atoms with van der Waals surface area (Å²) < 4.78 is 0. The second kappa shape index (κ2) is 5.91. The van der Waals surface area contributed by atoms with Crippen molar-refractivity contribution in [1.29, 1.82) is 0 Å². The number of aryl methyl sites for hydroxylation is 1. The van der Waals surface area contributed by atoms with Gasteiger partial charge in [-0.2, -0.15) is 0 Å². The predicted octanol–water partition coefficient (Wildman–Crippen LogP) is 4.96. The molecule has 0 aromatic heterocycles. The minimum Gasteiger partial charge on any atom is -0.274 e. The van der Waals surface area contributed by atoms with Crippen LogP contribution in [-0.2, 0) is 15.0 Å². The van der Waals surface area contributed by atoms with Crippen molar-refractivity contribution < 1.29 is 9.59 Å². The minimum absolute atomic E-state index is 0.0512. The van der Waals surface area contributed by atoms with Gasteiger partial charge >= 0.3 is 0 Å². The molecular weight excluding hydrogens is 370 g/mol. The number of rotatable bonds is 2. The van der Waals surface area contributed by atoms with Gasteiger partial charge in [0, 0.05) is 11.3 Å². The molecule has 0 radical (unpaired) electrons. The molecule has 4 aliphatic rings. The van der Waals surface area contributed by atoms with Crippen LogP contribution in [0.25, 0.3) is 0 Å². The molecule has 148 valence electrons. The molecule has 3 aliphatic carbocycles. The van der Waals surface area contributed by atoms with E-state index in [1.165, 1.54) is 27.2 Å². The van der Waals surface area contributed by atoms with Crippen molar-refractivity contribution in [2.75, 3.05) is 4.90 Å². The van der Waals surface area contributed by atoms with Gasteiger partial charge in [0.2, 0.25) is 11.8 Å². The summed E-state index contributed by atoms with van der Waals surface area (Å²) in [5, 5.41) is 0. The number of nitrogens with zero attached hydrogens (tertiary/aromatic N) is 1. The zero-order valence-corrected chi connectivity index (χ0v) is 17.1. The SMILES string of the molecule is CCC12c3ccccc3C(c3ccccc31)[C@@H]1C(=O)N(c3ccc(C)cc3)C(=O)[C@H]12. The van der Waals surface area contributed by atoms with E-state index in [1.807, 2.05) is 31.2 Å². The molecule has 3 aromatic carbocycles. The first-order valence-electron chi connectivity index (χ1n) is 10.7. The molecular formula is C27H23NO2. The Morgan fingerprint density at radius 2 is 1.37 bits per heavy atom. The predicted molar refractivity (Wildman–Crippen MR) is 116 cm³/mol. The molecule has 2 bridgehead atoms. The lowest BCUT2D eigenvalue weighted by atomic mass is 9.46. The quantitative estimate of drug-likeness (QED) is 0.578. The van der Waals surface area contributed by atoms with Gasteiger partial charge in [0.25, 0.3) is 0 Å². The van der Waals surface area contributed by atoms with Crippen molar-refractivity contribution in [2.24, 2.45) is 11.8 Å². The van der Waals surface area contributed by atoms with E-state index >= 15 is 0 Å². The second-order valence-corrected chi connectivity index (χ2v) is 8.83. The van der Waals surface area contributed by atoms with Crippen LogP contribution < -0.4 is 4.90 Å². The van der Waals surface area contributed by atoms with Crippen molar-refractivity contribution >= 4 is 17.5 Å². The molecule has 0 saturated carbocycles. The van der Waals surface area contributed by atoms with Crippen LogP contribution in [0.5, 0.6) is 0 Å². The van der Waals surface area contributed by atoms with Crippen LogP contribution in [-0.4, -0.2) is 11.8 Å². The molecule has 3 heteroatoms. The fraction of sp³-hybridized carbons (Fsp3) is 0.259. The third-order valence-electron chi connectivity index (χ3n) is 7.64. The van der Waals surface area contributed by atoms with Gasteiger partial charge in [0.1, 0.15) is 0 Å². The number of benzene rings is 3. The average molecular weight is 393 g/mol. The van der Waals surface area contributed by atoms with E-state index in [4.69, 9.17) is 0 Å². The van der Waals surface area contributed by atoms with E-state index in [0.717, 1.165) is 12.0 Å². The lowest BCUT2D eigenvalue weighted by Gasteiger charge is -2.54. The van der Waals surface area contributed by atoms with E-state index in [2.05, 4.69) is 55.5 Å². The maximum Gasteiger partial charge on any atom is 0.238 e. The maximum atomic E-state index is 13.9. The molecule has 1 saturated heterocycles. The van der Waals surface area contributed by atoms with Gasteiger partial charge in [0.15, 0.2) is 0 Å². The van der Waals surface area contributed by atoms with Crippen LogP contribution in [0.3, 0.4) is 0 Å². The number of anilines is 1. The Balaban J connectivity index is 1.63. The molecule has 3 nitrogen and oxygen atoms in total. The van der Waals surface area contributed by atoms with Gasteiger partial charge in [-0.25, -0.2) is 4.90 Å². The summed E-state index contributed by atoms with van der Waals surface area (Å²) in [7, 11) is 0. The lowest BCUT2D eigenvalue weighted by molar-refractivity contribution is -0.123. The molecule has 30 heavy (non-hydrogen) atoms. The summed E-state index contributed by atoms with van der Waals surface area (Å²) >= 11 is 0. The van der Waals surface area contributed by atoms with Crippen LogP contribution in [0, 0.1) is 18.8 Å². The minimum atomic E-state index is -0.460. The molecule has 1 aliphatic heterocycles. The monoisotopic (exact) mass is 393 g/mol. The van der Waals surface area contributed by atoms with Gasteiger partial charge in [-0.3, -0.25) is 9.59 Å². The van der Waals surface area contributed by atoms with Gasteiger partial charge in [-0.1, -0.05) is 73.2 Å². The fourth-order valence-corrected chi connectivity index (χ4v) is 6.48. The number of hydrogen-bond acceptors (Lipinski definition) is 2. The molecule has 2 atom stereocenters. The van der Waals surface area contributed by atoms with E-state index in [9.17, 15) is 9.59 Å². The van der Waals surface area contributed by atoms with Gasteiger partial charge in [-0.05, 0) is 47.7 Å². The molecule has 0 unspecified atom stereocenters. The van der Waals surface area contributed by atoms with Gasteiger partial charge in [0.05, 0.1) is 17.5 Å². The topological polar surface area (TPSA) is 37.4 Å². The normalized spacial score (nSPS) is 28.3. The fourth-order valence-electron chi connectivity index (χ4n) is 6.48. The Labute approximate surface area is 176 Å². The smallest absolute Gasteiger partial charge is 0.238 e. The van der Waals surface area contributed by atoms with Crippen LogP contribution in [0.2, 0.25) is 0 Å². The van der Waals surface area contributed by atoms with E-state index in [0.29, 0.717) is 5.69 Å². The highest BCUT2D eigenvalue weighted by atomic mass is 16.2. The van der Waals surface area contributed by atoms with Crippen molar-refractivity contribution in [2.45, 2.75) is 31.6 Å². The summed E-state index contributed by atoms with van der Waals surface area (Å²) in [6.07, 6.45) is 0.787. The standard InChI is InChI=1S/C27H23NO2/c1-3-27-20-10-6-4-8-18(20)22(19-9-5-7-11-21(19)27)23-24(27)26(30)28(25(23)29)17-14-12-16(2)13-15-17/h4-15,22-24H,3H2,1-2H3/t22?,23-,24-,27?/m0/s1. The van der Waals surface area contributed by atoms with E-state index in [1.54, 1.807) is 0 Å². The number of amides is 2. The summed E-state index contributed by atoms with van der Waals surface area (Å²) in [6.45, 7) is 4.17. The molecule has 0 spiro atoms. The molecule has 0 N–H and O–H groups in total. The summed E-state index contributed by atoms with van der Waals surface area (Å²) in [6, 6.07) is 24.6. The van der Waals surface area contributed by atoms with Crippen molar-refractivity contribution in [3.63, 3.8) is 0 Å². The first-order chi connectivity index (χ1) is 14.6. The Morgan fingerprint density at radius 3 is 1.93 bits per heavy atom. The van der Waals surface area contributed by atoms with E-state index < -0.39 is 5.41 Å². The Hall–Kier alpha value is -3.20. The highest BCUT2D eigenvalue weighted by molar-refractivity contribution is 6.23. The van der Waals surface area contributed by atoms with Crippen LogP contribution >= 0.6 is 0 Å². The molecule has 1 fully saturated rings. The van der Waals surface area contributed by atoms with Crippen LogP contribution in [0.15, 0.2) is 72.8 Å². The summed E-state index contributed by atoms with van der Waals surface area (Å²) in [5.41, 5.74) is 6.22. The third kappa shape index (κ3) is 1.91. The number of carbonyl (C=O) groups is 2. The van der Waals surface area contributed by atoms with Crippen molar-refractivity contribution in [3.05, 3.63) is 101 Å². The van der Waals surface area contributed by atoms with Gasteiger partial charge in [-0.15, -0.1) is 0 Å². The highest BCUT2D eigenvalue weighted by Crippen LogP contribution is 2.65. The Bertz CT molecular complexity index is 1160. The van der Waals surface area contributed by atoms with E-state index in [-0.39, 0.29) is 29.6 Å². The first-order valence-corrected chi connectivity index (χ1v) is 10.7. The molecule has 7 rings (SSSR count). The third-order valence-corrected chi connectivity index (χ3v) is 7.64. The van der Waals surface area contributed by atoms with Crippen LogP contribution in [0.1, 0.15) is 47.1 Å². The summed E-state index contributed by atoms with van der Waals surface area (Å²) in [4.78, 5) is 29.2. The Kier molecular flexibility index (Phi) is 3.48. The second-order valence-electron chi connectivity index (χ2n) is 8.83. The average Bonchev–Trinajstić information content (AvgIpc) is 3.05.